The monoisotopic (exact) mass is 260 g/mol. The van der Waals surface area contributed by atoms with Crippen molar-refractivity contribution in [3.05, 3.63) is 30.1 Å². The Labute approximate surface area is 113 Å². The van der Waals surface area contributed by atoms with Crippen molar-refractivity contribution in [2.75, 3.05) is 13.7 Å². The van der Waals surface area contributed by atoms with Gasteiger partial charge in [-0.2, -0.15) is 0 Å². The number of para-hydroxylation sites is 2. The van der Waals surface area contributed by atoms with Gasteiger partial charge >= 0.3 is 0 Å². The molecular weight excluding hydrogens is 240 g/mol. The SMILES string of the molecule is COCC(O)(Cc1nc2ccccc2n1C)C1CC1. The van der Waals surface area contributed by atoms with Crippen LogP contribution >= 0.6 is 0 Å². The predicted octanol–water partition coefficient (Wildman–Crippen LogP) is 1.90. The molecule has 1 atom stereocenters. The zero-order valence-electron chi connectivity index (χ0n) is 11.5. The van der Waals surface area contributed by atoms with Gasteiger partial charge in [0.25, 0.3) is 0 Å². The number of hydrogen-bond acceptors (Lipinski definition) is 3. The number of ether oxygens (including phenoxy) is 1. The number of aliphatic hydroxyl groups is 1. The number of methoxy groups -OCH3 is 1. The van der Waals surface area contributed by atoms with Gasteiger partial charge in [0.15, 0.2) is 0 Å². The van der Waals surface area contributed by atoms with E-state index in [1.54, 1.807) is 7.11 Å². The topological polar surface area (TPSA) is 47.3 Å². The van der Waals surface area contributed by atoms with Crippen LogP contribution in [0.3, 0.4) is 0 Å². The molecule has 1 saturated carbocycles. The number of fused-ring (bicyclic) bond motifs is 1. The molecule has 1 N–H and O–H groups in total. The molecule has 102 valence electrons. The van der Waals surface area contributed by atoms with E-state index in [0.717, 1.165) is 29.7 Å². The molecule has 1 aromatic heterocycles. The highest BCUT2D eigenvalue weighted by Crippen LogP contribution is 2.41. The summed E-state index contributed by atoms with van der Waals surface area (Å²) in [6.45, 7) is 0.376. The van der Waals surface area contributed by atoms with Crippen LogP contribution in [0.15, 0.2) is 24.3 Å². The van der Waals surface area contributed by atoms with E-state index in [0.29, 0.717) is 18.9 Å². The zero-order chi connectivity index (χ0) is 13.5. The van der Waals surface area contributed by atoms with Gasteiger partial charge in [-0.05, 0) is 30.9 Å². The summed E-state index contributed by atoms with van der Waals surface area (Å²) in [5.41, 5.74) is 1.31. The van der Waals surface area contributed by atoms with Crippen LogP contribution in [-0.4, -0.2) is 34.0 Å². The van der Waals surface area contributed by atoms with Crippen LogP contribution in [-0.2, 0) is 18.2 Å². The van der Waals surface area contributed by atoms with Crippen molar-refractivity contribution in [1.29, 1.82) is 0 Å². The smallest absolute Gasteiger partial charge is 0.112 e. The molecule has 1 aromatic carbocycles. The van der Waals surface area contributed by atoms with Crippen LogP contribution in [0.1, 0.15) is 18.7 Å². The molecule has 2 aromatic rings. The van der Waals surface area contributed by atoms with Crippen LogP contribution in [0.5, 0.6) is 0 Å². The molecule has 1 heterocycles. The molecule has 1 aliphatic carbocycles. The standard InChI is InChI=1S/C15H20N2O2/c1-17-13-6-4-3-5-12(13)16-14(17)9-15(18,10-19-2)11-7-8-11/h3-6,11,18H,7-10H2,1-2H3. The van der Waals surface area contributed by atoms with E-state index in [-0.39, 0.29) is 0 Å². The maximum Gasteiger partial charge on any atom is 0.112 e. The lowest BCUT2D eigenvalue weighted by Crippen LogP contribution is -2.40. The number of hydrogen-bond donors (Lipinski definition) is 1. The van der Waals surface area contributed by atoms with Crippen molar-refractivity contribution in [2.45, 2.75) is 24.9 Å². The van der Waals surface area contributed by atoms with Gasteiger partial charge in [-0.15, -0.1) is 0 Å². The Morgan fingerprint density at radius 1 is 1.42 bits per heavy atom. The second-order valence-corrected chi connectivity index (χ2v) is 5.56. The Morgan fingerprint density at radius 3 is 2.79 bits per heavy atom. The van der Waals surface area contributed by atoms with E-state index in [1.807, 2.05) is 25.2 Å². The predicted molar refractivity (Wildman–Crippen MR) is 74.0 cm³/mol. The Bertz CT molecular complexity index is 589. The van der Waals surface area contributed by atoms with E-state index in [1.165, 1.54) is 0 Å². The molecule has 3 rings (SSSR count). The number of aryl methyl sites for hydroxylation is 1. The normalized spacial score (nSPS) is 18.7. The van der Waals surface area contributed by atoms with Gasteiger partial charge in [0.1, 0.15) is 5.82 Å². The van der Waals surface area contributed by atoms with Crippen LogP contribution in [0, 0.1) is 5.92 Å². The fourth-order valence-corrected chi connectivity index (χ4v) is 2.81. The summed E-state index contributed by atoms with van der Waals surface area (Å²) in [7, 11) is 3.65. The van der Waals surface area contributed by atoms with E-state index >= 15 is 0 Å². The largest absolute Gasteiger partial charge is 0.387 e. The lowest BCUT2D eigenvalue weighted by molar-refractivity contribution is -0.0490. The summed E-state index contributed by atoms with van der Waals surface area (Å²) >= 11 is 0. The summed E-state index contributed by atoms with van der Waals surface area (Å²) in [5, 5.41) is 10.8. The first kappa shape index (κ1) is 12.6. The second-order valence-electron chi connectivity index (χ2n) is 5.56. The average Bonchev–Trinajstić information content (AvgIpc) is 3.19. The van der Waals surface area contributed by atoms with Crippen molar-refractivity contribution in [2.24, 2.45) is 13.0 Å². The molecule has 1 aliphatic rings. The summed E-state index contributed by atoms with van der Waals surface area (Å²) < 4.78 is 7.28. The minimum atomic E-state index is -0.774. The van der Waals surface area contributed by atoms with E-state index < -0.39 is 5.60 Å². The van der Waals surface area contributed by atoms with Crippen LogP contribution < -0.4 is 0 Å². The van der Waals surface area contributed by atoms with Gasteiger partial charge in [0, 0.05) is 20.6 Å². The van der Waals surface area contributed by atoms with Crippen LogP contribution in [0.25, 0.3) is 11.0 Å². The minimum Gasteiger partial charge on any atom is -0.387 e. The fourth-order valence-electron chi connectivity index (χ4n) is 2.81. The Balaban J connectivity index is 1.93. The summed E-state index contributed by atoms with van der Waals surface area (Å²) in [6.07, 6.45) is 2.73. The van der Waals surface area contributed by atoms with Crippen molar-refractivity contribution in [3.8, 4) is 0 Å². The minimum absolute atomic E-state index is 0.354. The molecule has 0 bridgehead atoms. The van der Waals surface area contributed by atoms with Crippen molar-refractivity contribution < 1.29 is 9.84 Å². The summed E-state index contributed by atoms with van der Waals surface area (Å²) in [4.78, 5) is 4.64. The molecule has 4 heteroatoms. The lowest BCUT2D eigenvalue weighted by atomic mass is 9.94. The van der Waals surface area contributed by atoms with Crippen molar-refractivity contribution >= 4 is 11.0 Å². The molecule has 0 spiro atoms. The van der Waals surface area contributed by atoms with Gasteiger partial charge in [-0.1, -0.05) is 12.1 Å². The molecular formula is C15H20N2O2. The molecule has 19 heavy (non-hydrogen) atoms. The van der Waals surface area contributed by atoms with Crippen LogP contribution in [0.4, 0.5) is 0 Å². The molecule has 4 nitrogen and oxygen atoms in total. The zero-order valence-corrected chi connectivity index (χ0v) is 11.5. The quantitative estimate of drug-likeness (QED) is 0.893. The molecule has 1 fully saturated rings. The van der Waals surface area contributed by atoms with E-state index in [2.05, 4.69) is 15.6 Å². The van der Waals surface area contributed by atoms with E-state index in [9.17, 15) is 5.11 Å². The number of benzene rings is 1. The molecule has 0 saturated heterocycles. The molecule has 0 aliphatic heterocycles. The highest BCUT2D eigenvalue weighted by Gasteiger charge is 2.44. The third kappa shape index (κ3) is 2.26. The first-order valence-electron chi connectivity index (χ1n) is 6.76. The Hall–Kier alpha value is -1.39. The highest BCUT2D eigenvalue weighted by molar-refractivity contribution is 5.75. The third-order valence-corrected chi connectivity index (χ3v) is 4.08. The van der Waals surface area contributed by atoms with Gasteiger partial charge in [-0.3, -0.25) is 0 Å². The van der Waals surface area contributed by atoms with Gasteiger partial charge < -0.3 is 14.4 Å². The number of nitrogens with zero attached hydrogens (tertiary/aromatic N) is 2. The molecule has 0 amide bonds. The number of aromatic nitrogens is 2. The van der Waals surface area contributed by atoms with Gasteiger partial charge in [-0.25, -0.2) is 4.98 Å². The summed E-state index contributed by atoms with van der Waals surface area (Å²) in [6, 6.07) is 8.06. The Morgan fingerprint density at radius 2 is 2.16 bits per heavy atom. The maximum atomic E-state index is 10.8. The summed E-state index contributed by atoms with van der Waals surface area (Å²) in [5.74, 6) is 1.28. The fraction of sp³-hybridized carbons (Fsp3) is 0.533. The first-order valence-corrected chi connectivity index (χ1v) is 6.76. The number of rotatable bonds is 5. The molecule has 1 unspecified atom stereocenters. The molecule has 0 radical (unpaired) electrons. The van der Waals surface area contributed by atoms with Crippen molar-refractivity contribution in [3.63, 3.8) is 0 Å². The second kappa shape index (κ2) is 4.62. The lowest BCUT2D eigenvalue weighted by Gasteiger charge is -2.27. The highest BCUT2D eigenvalue weighted by atomic mass is 16.5. The Kier molecular flexibility index (Phi) is 3.07. The van der Waals surface area contributed by atoms with Gasteiger partial charge in [0.2, 0.25) is 0 Å². The number of imidazole rings is 1. The third-order valence-electron chi connectivity index (χ3n) is 4.08. The average molecular weight is 260 g/mol. The maximum absolute atomic E-state index is 10.8. The van der Waals surface area contributed by atoms with E-state index in [4.69, 9.17) is 4.74 Å². The van der Waals surface area contributed by atoms with Crippen LogP contribution in [0.2, 0.25) is 0 Å². The van der Waals surface area contributed by atoms with Crippen molar-refractivity contribution in [1.82, 2.24) is 9.55 Å². The first-order chi connectivity index (χ1) is 9.14. The van der Waals surface area contributed by atoms with Gasteiger partial charge in [0.05, 0.1) is 23.2 Å².